The maximum Gasteiger partial charge on any atom is 0.0362 e. The Bertz CT molecular complexity index is 3130. The Morgan fingerprint density at radius 3 is 1.55 bits per heavy atom. The average molecular weight is 663 g/mol. The SMILES string of the molecule is c1cc(-c2ccc3cc(-c4c5ccccc5c(-c5cccc6ccccc56)c5ccccc45)ccc3c2)c2cc3sc4ccccc4c3cc2c1. The van der Waals surface area contributed by atoms with Gasteiger partial charge in [-0.3, -0.25) is 0 Å². The molecule has 0 radical (unpaired) electrons. The lowest BCUT2D eigenvalue weighted by Crippen LogP contribution is -1.91. The minimum atomic E-state index is 1.24. The van der Waals surface area contributed by atoms with Crippen LogP contribution in [0.5, 0.6) is 0 Å². The second-order valence-corrected chi connectivity index (χ2v) is 14.7. The summed E-state index contributed by atoms with van der Waals surface area (Å²) in [5.74, 6) is 0. The predicted molar refractivity (Wildman–Crippen MR) is 223 cm³/mol. The lowest BCUT2D eigenvalue weighted by Gasteiger charge is -2.19. The highest BCUT2D eigenvalue weighted by Crippen LogP contribution is 2.46. The molecule has 0 bridgehead atoms. The normalized spacial score (nSPS) is 11.9. The first-order valence-electron chi connectivity index (χ1n) is 17.6. The number of hydrogen-bond donors (Lipinski definition) is 0. The van der Waals surface area contributed by atoms with Gasteiger partial charge >= 0.3 is 0 Å². The summed E-state index contributed by atoms with van der Waals surface area (Å²) in [6.07, 6.45) is 0. The molecule has 11 rings (SSSR count). The van der Waals surface area contributed by atoms with E-state index >= 15 is 0 Å². The van der Waals surface area contributed by atoms with Crippen molar-refractivity contribution in [1.82, 2.24) is 0 Å². The van der Waals surface area contributed by atoms with Crippen molar-refractivity contribution in [2.45, 2.75) is 0 Å². The fourth-order valence-electron chi connectivity index (χ4n) is 8.49. The Kier molecular flexibility index (Phi) is 6.22. The summed E-state index contributed by atoms with van der Waals surface area (Å²) < 4.78 is 2.68. The Hall–Kier alpha value is -6.28. The zero-order valence-corrected chi connectivity index (χ0v) is 28.5. The van der Waals surface area contributed by atoms with Gasteiger partial charge in [-0.25, -0.2) is 0 Å². The average Bonchev–Trinajstić information content (AvgIpc) is 3.55. The van der Waals surface area contributed by atoms with Gasteiger partial charge in [-0.05, 0) is 118 Å². The van der Waals surface area contributed by atoms with Crippen LogP contribution >= 0.6 is 11.3 Å². The van der Waals surface area contributed by atoms with Crippen LogP contribution in [-0.2, 0) is 0 Å². The van der Waals surface area contributed by atoms with Gasteiger partial charge in [0.05, 0.1) is 0 Å². The van der Waals surface area contributed by atoms with Crippen LogP contribution < -0.4 is 0 Å². The summed E-state index contributed by atoms with van der Waals surface area (Å²) in [4.78, 5) is 0. The number of benzene rings is 10. The van der Waals surface area contributed by atoms with Crippen molar-refractivity contribution >= 4 is 85.4 Å². The molecule has 0 saturated heterocycles. The summed E-state index contributed by atoms with van der Waals surface area (Å²) >= 11 is 1.88. The molecule has 0 fully saturated rings. The van der Waals surface area contributed by atoms with Crippen molar-refractivity contribution in [3.8, 4) is 33.4 Å². The first-order chi connectivity index (χ1) is 25.3. The summed E-state index contributed by atoms with van der Waals surface area (Å²) in [5.41, 5.74) is 7.63. The van der Waals surface area contributed by atoms with Crippen molar-refractivity contribution in [2.75, 3.05) is 0 Å². The minimum Gasteiger partial charge on any atom is -0.135 e. The molecule has 1 heteroatoms. The predicted octanol–water partition coefficient (Wildman–Crippen LogP) is 14.8. The fourth-order valence-corrected chi connectivity index (χ4v) is 9.62. The lowest BCUT2D eigenvalue weighted by molar-refractivity contribution is 1.67. The molecule has 0 spiro atoms. The summed E-state index contributed by atoms with van der Waals surface area (Å²) in [5, 5.41) is 15.4. The molecule has 1 heterocycles. The van der Waals surface area contributed by atoms with E-state index in [1.807, 2.05) is 11.3 Å². The monoisotopic (exact) mass is 662 g/mol. The molecule has 0 amide bonds. The third kappa shape index (κ3) is 4.39. The van der Waals surface area contributed by atoms with Crippen LogP contribution in [0.2, 0.25) is 0 Å². The Balaban J connectivity index is 1.09. The molecule has 10 aromatic carbocycles. The van der Waals surface area contributed by atoms with Crippen LogP contribution in [0.1, 0.15) is 0 Å². The van der Waals surface area contributed by atoms with E-state index in [1.165, 1.54) is 107 Å². The third-order valence-electron chi connectivity index (χ3n) is 10.8. The molecule has 11 aromatic rings. The highest BCUT2D eigenvalue weighted by atomic mass is 32.1. The second kappa shape index (κ2) is 11.1. The Labute approximate surface area is 299 Å². The Morgan fingerprint density at radius 1 is 0.255 bits per heavy atom. The molecule has 0 aliphatic rings. The zero-order chi connectivity index (χ0) is 33.5. The quantitative estimate of drug-likeness (QED) is 0.165. The molecule has 51 heavy (non-hydrogen) atoms. The first-order valence-corrected chi connectivity index (χ1v) is 18.4. The van der Waals surface area contributed by atoms with Crippen molar-refractivity contribution in [3.05, 3.63) is 182 Å². The maximum absolute atomic E-state index is 2.40. The van der Waals surface area contributed by atoms with Crippen LogP contribution in [0.15, 0.2) is 182 Å². The van der Waals surface area contributed by atoms with Gasteiger partial charge in [0.25, 0.3) is 0 Å². The van der Waals surface area contributed by atoms with E-state index in [1.54, 1.807) is 0 Å². The molecule has 0 aliphatic carbocycles. The smallest absolute Gasteiger partial charge is 0.0362 e. The molecule has 0 unspecified atom stereocenters. The molecule has 0 atom stereocenters. The van der Waals surface area contributed by atoms with Crippen molar-refractivity contribution in [3.63, 3.8) is 0 Å². The van der Waals surface area contributed by atoms with Crippen LogP contribution in [0.25, 0.3) is 107 Å². The second-order valence-electron chi connectivity index (χ2n) is 13.6. The van der Waals surface area contributed by atoms with Gasteiger partial charge in [-0.15, -0.1) is 11.3 Å². The zero-order valence-electron chi connectivity index (χ0n) is 27.7. The highest BCUT2D eigenvalue weighted by molar-refractivity contribution is 7.25. The van der Waals surface area contributed by atoms with Crippen LogP contribution in [-0.4, -0.2) is 0 Å². The van der Waals surface area contributed by atoms with Gasteiger partial charge in [0.15, 0.2) is 0 Å². The van der Waals surface area contributed by atoms with Gasteiger partial charge in [-0.2, -0.15) is 0 Å². The molecule has 0 nitrogen and oxygen atoms in total. The fraction of sp³-hybridized carbons (Fsp3) is 0. The van der Waals surface area contributed by atoms with E-state index < -0.39 is 0 Å². The standard InChI is InChI=1S/C50H30S/c1-2-14-37-31(11-1)12-9-21-40(37)50-43-18-5-3-16-41(43)49(42-17-4-6-19-44(42)50)36-26-24-32-27-35(25-23-33(32)28-36)38-20-10-13-34-29-46-39-15-7-8-22-47(39)51-48(46)30-45(34)38/h1-30H. The van der Waals surface area contributed by atoms with E-state index in [0.717, 1.165) is 0 Å². The first kappa shape index (κ1) is 28.5. The third-order valence-corrected chi connectivity index (χ3v) is 11.9. The highest BCUT2D eigenvalue weighted by Gasteiger charge is 2.18. The van der Waals surface area contributed by atoms with E-state index in [-0.39, 0.29) is 0 Å². The number of fused-ring (bicyclic) bond motifs is 8. The molecule has 1 aromatic heterocycles. The van der Waals surface area contributed by atoms with E-state index in [9.17, 15) is 0 Å². The van der Waals surface area contributed by atoms with E-state index in [0.29, 0.717) is 0 Å². The van der Waals surface area contributed by atoms with Crippen molar-refractivity contribution in [1.29, 1.82) is 0 Å². The molecule has 0 saturated carbocycles. The van der Waals surface area contributed by atoms with Gasteiger partial charge in [0.2, 0.25) is 0 Å². The Morgan fingerprint density at radius 2 is 0.804 bits per heavy atom. The van der Waals surface area contributed by atoms with Crippen molar-refractivity contribution in [2.24, 2.45) is 0 Å². The maximum atomic E-state index is 2.40. The number of hydrogen-bond acceptors (Lipinski definition) is 1. The van der Waals surface area contributed by atoms with Crippen LogP contribution in [0, 0.1) is 0 Å². The van der Waals surface area contributed by atoms with Gasteiger partial charge in [-0.1, -0.05) is 152 Å². The van der Waals surface area contributed by atoms with Gasteiger partial charge < -0.3 is 0 Å². The lowest BCUT2D eigenvalue weighted by atomic mass is 9.84. The van der Waals surface area contributed by atoms with Gasteiger partial charge in [0.1, 0.15) is 0 Å². The molecule has 236 valence electrons. The molecule has 0 N–H and O–H groups in total. The van der Waals surface area contributed by atoms with E-state index in [2.05, 4.69) is 182 Å². The number of rotatable bonds is 3. The van der Waals surface area contributed by atoms with Crippen LogP contribution in [0.4, 0.5) is 0 Å². The minimum absolute atomic E-state index is 1.24. The molecule has 0 aliphatic heterocycles. The molecular weight excluding hydrogens is 633 g/mol. The summed E-state index contributed by atoms with van der Waals surface area (Å²) in [6, 6.07) is 67.6. The molecular formula is C50H30S. The summed E-state index contributed by atoms with van der Waals surface area (Å²) in [7, 11) is 0. The van der Waals surface area contributed by atoms with Crippen LogP contribution in [0.3, 0.4) is 0 Å². The summed E-state index contributed by atoms with van der Waals surface area (Å²) in [6.45, 7) is 0. The largest absolute Gasteiger partial charge is 0.135 e. The van der Waals surface area contributed by atoms with E-state index in [4.69, 9.17) is 0 Å². The van der Waals surface area contributed by atoms with Crippen molar-refractivity contribution < 1.29 is 0 Å². The van der Waals surface area contributed by atoms with Gasteiger partial charge in [0, 0.05) is 20.2 Å². The number of thiophene rings is 1. The topological polar surface area (TPSA) is 0 Å².